The molecule has 26 heavy (non-hydrogen) atoms. The number of carbonyl (C=O) groups excluding carboxylic acids is 1. The molecule has 6 nitrogen and oxygen atoms in total. The predicted molar refractivity (Wildman–Crippen MR) is 102 cm³/mol. The molecule has 0 aliphatic carbocycles. The number of aryl methyl sites for hydroxylation is 1. The molecule has 1 saturated heterocycles. The molecule has 1 atom stereocenters. The molecule has 2 aromatic heterocycles. The van der Waals surface area contributed by atoms with Crippen molar-refractivity contribution in [1.82, 2.24) is 15.3 Å². The van der Waals surface area contributed by atoms with Crippen molar-refractivity contribution in [3.8, 4) is 11.8 Å². The Labute approximate surface area is 157 Å². The second-order valence-electron chi connectivity index (χ2n) is 6.08. The first-order chi connectivity index (χ1) is 12.7. The van der Waals surface area contributed by atoms with E-state index in [1.54, 1.807) is 12.4 Å². The lowest BCUT2D eigenvalue weighted by Crippen LogP contribution is -2.32. The standard InChI is InChI=1S/C19H22N4O2S/c1-14-17(6-5-15-7-10-20-11-8-15)26-19(22-14)23-18(24)21-12-9-16-4-2-3-13-25-16/h7-8,10-11,16H,2-4,9,12-13H2,1H3,(H2,21,22,23,24). The van der Waals surface area contributed by atoms with Gasteiger partial charge in [-0.2, -0.15) is 0 Å². The number of aromatic nitrogens is 2. The van der Waals surface area contributed by atoms with Gasteiger partial charge in [0, 0.05) is 31.1 Å². The normalized spacial score (nSPS) is 16.4. The van der Waals surface area contributed by atoms with Crippen LogP contribution in [0.4, 0.5) is 9.93 Å². The number of urea groups is 1. The van der Waals surface area contributed by atoms with Gasteiger partial charge in [-0.05, 0) is 50.7 Å². The van der Waals surface area contributed by atoms with Gasteiger partial charge in [-0.1, -0.05) is 17.3 Å². The molecule has 2 N–H and O–H groups in total. The van der Waals surface area contributed by atoms with E-state index in [0.29, 0.717) is 11.7 Å². The molecular weight excluding hydrogens is 348 g/mol. The van der Waals surface area contributed by atoms with E-state index in [4.69, 9.17) is 4.74 Å². The summed E-state index contributed by atoms with van der Waals surface area (Å²) < 4.78 is 5.66. The number of nitrogens with zero attached hydrogens (tertiary/aromatic N) is 2. The highest BCUT2D eigenvalue weighted by molar-refractivity contribution is 7.16. The number of nitrogens with one attached hydrogen (secondary N) is 2. The van der Waals surface area contributed by atoms with Crippen LogP contribution in [0.1, 0.15) is 41.8 Å². The smallest absolute Gasteiger partial charge is 0.321 e. The molecule has 1 fully saturated rings. The van der Waals surface area contributed by atoms with E-state index >= 15 is 0 Å². The lowest BCUT2D eigenvalue weighted by Gasteiger charge is -2.22. The van der Waals surface area contributed by atoms with Gasteiger partial charge < -0.3 is 10.1 Å². The maximum atomic E-state index is 12.0. The van der Waals surface area contributed by atoms with Crippen molar-refractivity contribution in [2.45, 2.75) is 38.7 Å². The van der Waals surface area contributed by atoms with Crippen LogP contribution < -0.4 is 10.6 Å². The van der Waals surface area contributed by atoms with Crippen LogP contribution in [-0.2, 0) is 4.74 Å². The highest BCUT2D eigenvalue weighted by Crippen LogP contribution is 2.21. The number of thiazole rings is 1. The fraction of sp³-hybridized carbons (Fsp3) is 0.421. The van der Waals surface area contributed by atoms with Gasteiger partial charge in [0.25, 0.3) is 0 Å². The van der Waals surface area contributed by atoms with Crippen LogP contribution in [0.15, 0.2) is 24.5 Å². The molecule has 0 spiro atoms. The number of ether oxygens (including phenoxy) is 1. The van der Waals surface area contributed by atoms with Gasteiger partial charge in [-0.25, -0.2) is 9.78 Å². The Morgan fingerprint density at radius 3 is 2.96 bits per heavy atom. The zero-order valence-electron chi connectivity index (χ0n) is 14.7. The summed E-state index contributed by atoms with van der Waals surface area (Å²) in [4.78, 5) is 21.2. The van der Waals surface area contributed by atoms with Crippen LogP contribution in [0.3, 0.4) is 0 Å². The third-order valence-electron chi connectivity index (χ3n) is 4.04. The summed E-state index contributed by atoms with van der Waals surface area (Å²) in [5.41, 5.74) is 1.70. The number of anilines is 1. The molecular formula is C19H22N4O2S. The highest BCUT2D eigenvalue weighted by atomic mass is 32.1. The minimum absolute atomic E-state index is 0.247. The average molecular weight is 370 g/mol. The number of hydrogen-bond donors (Lipinski definition) is 2. The van der Waals surface area contributed by atoms with Gasteiger partial charge in [-0.15, -0.1) is 0 Å². The number of pyridine rings is 1. The van der Waals surface area contributed by atoms with Crippen LogP contribution in [-0.4, -0.2) is 35.3 Å². The van der Waals surface area contributed by atoms with Gasteiger partial charge in [0.1, 0.15) is 4.88 Å². The Hall–Kier alpha value is -2.43. The predicted octanol–water partition coefficient (Wildman–Crippen LogP) is 3.33. The second-order valence-corrected chi connectivity index (χ2v) is 7.08. The summed E-state index contributed by atoms with van der Waals surface area (Å²) in [6, 6.07) is 3.46. The zero-order valence-corrected chi connectivity index (χ0v) is 15.6. The van der Waals surface area contributed by atoms with Crippen LogP contribution in [0.2, 0.25) is 0 Å². The van der Waals surface area contributed by atoms with Gasteiger partial charge in [-0.3, -0.25) is 10.3 Å². The summed E-state index contributed by atoms with van der Waals surface area (Å²) in [6.07, 6.45) is 7.94. The van der Waals surface area contributed by atoms with E-state index in [9.17, 15) is 4.79 Å². The number of amides is 2. The summed E-state index contributed by atoms with van der Waals surface area (Å²) in [7, 11) is 0. The van der Waals surface area contributed by atoms with Crippen molar-refractivity contribution >= 4 is 22.5 Å². The van der Waals surface area contributed by atoms with Crippen molar-refractivity contribution in [2.75, 3.05) is 18.5 Å². The zero-order chi connectivity index (χ0) is 18.2. The molecule has 0 aromatic carbocycles. The summed E-state index contributed by atoms with van der Waals surface area (Å²) in [6.45, 7) is 3.31. The summed E-state index contributed by atoms with van der Waals surface area (Å²) in [5.74, 6) is 6.18. The molecule has 1 unspecified atom stereocenters. The third kappa shape index (κ3) is 5.55. The third-order valence-corrected chi connectivity index (χ3v) is 5.03. The van der Waals surface area contributed by atoms with E-state index in [-0.39, 0.29) is 12.1 Å². The summed E-state index contributed by atoms with van der Waals surface area (Å²) >= 11 is 1.37. The fourth-order valence-electron chi connectivity index (χ4n) is 2.65. The van der Waals surface area contributed by atoms with Crippen LogP contribution in [0, 0.1) is 18.8 Å². The van der Waals surface area contributed by atoms with E-state index < -0.39 is 0 Å². The number of carbonyl (C=O) groups is 1. The van der Waals surface area contributed by atoms with Crippen molar-refractivity contribution in [1.29, 1.82) is 0 Å². The monoisotopic (exact) mass is 370 g/mol. The molecule has 1 aliphatic heterocycles. The Bertz CT molecular complexity index is 789. The van der Waals surface area contributed by atoms with E-state index in [1.165, 1.54) is 17.8 Å². The van der Waals surface area contributed by atoms with Crippen LogP contribution >= 0.6 is 11.3 Å². The molecule has 2 amide bonds. The molecule has 7 heteroatoms. The first-order valence-corrected chi connectivity index (χ1v) is 9.58. The Balaban J connectivity index is 1.49. The minimum atomic E-state index is -0.247. The molecule has 3 heterocycles. The maximum Gasteiger partial charge on any atom is 0.321 e. The quantitative estimate of drug-likeness (QED) is 0.810. The highest BCUT2D eigenvalue weighted by Gasteiger charge is 2.14. The van der Waals surface area contributed by atoms with E-state index in [2.05, 4.69) is 32.4 Å². The number of hydrogen-bond acceptors (Lipinski definition) is 5. The first-order valence-electron chi connectivity index (χ1n) is 8.76. The molecule has 0 radical (unpaired) electrons. The Morgan fingerprint density at radius 1 is 1.35 bits per heavy atom. The molecule has 1 aliphatic rings. The van der Waals surface area contributed by atoms with Gasteiger partial charge in [0.2, 0.25) is 0 Å². The largest absolute Gasteiger partial charge is 0.378 e. The second kappa shape index (κ2) is 9.32. The topological polar surface area (TPSA) is 76.1 Å². The Morgan fingerprint density at radius 2 is 2.19 bits per heavy atom. The molecule has 3 rings (SSSR count). The van der Waals surface area contributed by atoms with Gasteiger partial charge in [0.15, 0.2) is 5.13 Å². The summed E-state index contributed by atoms with van der Waals surface area (Å²) in [5, 5.41) is 6.19. The van der Waals surface area contributed by atoms with Crippen molar-refractivity contribution in [2.24, 2.45) is 0 Å². The lowest BCUT2D eigenvalue weighted by atomic mass is 10.1. The molecule has 136 valence electrons. The van der Waals surface area contributed by atoms with E-state index in [0.717, 1.165) is 42.0 Å². The number of rotatable bonds is 4. The lowest BCUT2D eigenvalue weighted by molar-refractivity contribution is 0.0120. The van der Waals surface area contributed by atoms with Crippen molar-refractivity contribution in [3.63, 3.8) is 0 Å². The first kappa shape index (κ1) is 18.4. The molecule has 0 bridgehead atoms. The molecule has 2 aromatic rings. The SMILES string of the molecule is Cc1nc(NC(=O)NCCC2CCCCO2)sc1C#Cc1ccncc1. The average Bonchev–Trinajstić information content (AvgIpc) is 3.01. The van der Waals surface area contributed by atoms with Crippen LogP contribution in [0.25, 0.3) is 0 Å². The molecule has 0 saturated carbocycles. The van der Waals surface area contributed by atoms with E-state index in [1.807, 2.05) is 19.1 Å². The van der Waals surface area contributed by atoms with Crippen molar-refractivity contribution in [3.05, 3.63) is 40.7 Å². The van der Waals surface area contributed by atoms with Crippen molar-refractivity contribution < 1.29 is 9.53 Å². The minimum Gasteiger partial charge on any atom is -0.378 e. The fourth-order valence-corrected chi connectivity index (χ4v) is 3.47. The maximum absolute atomic E-state index is 12.0. The Kier molecular flexibility index (Phi) is 6.58. The van der Waals surface area contributed by atoms with Crippen LogP contribution in [0.5, 0.6) is 0 Å². The van der Waals surface area contributed by atoms with Gasteiger partial charge >= 0.3 is 6.03 Å². The van der Waals surface area contributed by atoms with Gasteiger partial charge in [0.05, 0.1) is 11.8 Å².